The van der Waals surface area contributed by atoms with E-state index in [1.165, 1.54) is 0 Å². The molecule has 2 rings (SSSR count). The molecule has 0 radical (unpaired) electrons. The number of benzene rings is 1. The van der Waals surface area contributed by atoms with E-state index < -0.39 is 0 Å². The summed E-state index contributed by atoms with van der Waals surface area (Å²) in [6.45, 7) is 1.01. The van der Waals surface area contributed by atoms with E-state index in [0.29, 0.717) is 34.7 Å². The van der Waals surface area contributed by atoms with Gasteiger partial charge in [0.1, 0.15) is 19.0 Å². The number of hydroxylamine groups is 1. The van der Waals surface area contributed by atoms with Gasteiger partial charge in [-0.05, 0) is 15.9 Å². The molecule has 0 atom stereocenters. The SMILES string of the molecule is ONCc1c(O)c(Br)cc2c1OCCO2. The summed E-state index contributed by atoms with van der Waals surface area (Å²) < 4.78 is 11.3. The van der Waals surface area contributed by atoms with E-state index in [0.717, 1.165) is 0 Å². The molecule has 0 spiro atoms. The van der Waals surface area contributed by atoms with Gasteiger partial charge in [-0.3, -0.25) is 0 Å². The molecule has 82 valence electrons. The van der Waals surface area contributed by atoms with Crippen molar-refractivity contribution in [2.45, 2.75) is 6.54 Å². The zero-order valence-corrected chi connectivity index (χ0v) is 9.37. The molecule has 1 aromatic carbocycles. The van der Waals surface area contributed by atoms with Gasteiger partial charge < -0.3 is 19.8 Å². The van der Waals surface area contributed by atoms with Crippen LogP contribution in [0.5, 0.6) is 17.2 Å². The molecule has 0 saturated carbocycles. The van der Waals surface area contributed by atoms with Crippen LogP contribution in [0, 0.1) is 0 Å². The Hall–Kier alpha value is -0.980. The largest absolute Gasteiger partial charge is 0.506 e. The zero-order chi connectivity index (χ0) is 10.8. The zero-order valence-electron chi connectivity index (χ0n) is 7.79. The molecule has 3 N–H and O–H groups in total. The summed E-state index contributed by atoms with van der Waals surface area (Å²) in [4.78, 5) is 0. The molecule has 1 aliphatic heterocycles. The van der Waals surface area contributed by atoms with E-state index in [9.17, 15) is 5.11 Å². The van der Waals surface area contributed by atoms with E-state index in [1.807, 2.05) is 5.48 Å². The third-order valence-electron chi connectivity index (χ3n) is 2.11. The first kappa shape index (κ1) is 10.5. The average Bonchev–Trinajstić information content (AvgIpc) is 2.25. The van der Waals surface area contributed by atoms with Crippen molar-refractivity contribution < 1.29 is 19.8 Å². The van der Waals surface area contributed by atoms with Crippen LogP contribution < -0.4 is 15.0 Å². The van der Waals surface area contributed by atoms with Gasteiger partial charge in [0.25, 0.3) is 0 Å². The topological polar surface area (TPSA) is 71.0 Å². The Morgan fingerprint density at radius 2 is 2.13 bits per heavy atom. The highest BCUT2D eigenvalue weighted by atomic mass is 79.9. The summed E-state index contributed by atoms with van der Waals surface area (Å²) in [5.74, 6) is 1.08. The van der Waals surface area contributed by atoms with Gasteiger partial charge in [0, 0.05) is 6.07 Å². The maximum Gasteiger partial charge on any atom is 0.169 e. The molecule has 0 amide bonds. The number of hydrogen-bond acceptors (Lipinski definition) is 5. The fourth-order valence-corrected chi connectivity index (χ4v) is 1.90. The lowest BCUT2D eigenvalue weighted by Gasteiger charge is -2.22. The highest BCUT2D eigenvalue weighted by Crippen LogP contribution is 2.43. The average molecular weight is 276 g/mol. The van der Waals surface area contributed by atoms with Gasteiger partial charge in [-0.2, -0.15) is 0 Å². The van der Waals surface area contributed by atoms with Crippen molar-refractivity contribution in [1.82, 2.24) is 5.48 Å². The first-order valence-corrected chi connectivity index (χ1v) is 5.20. The number of phenolic OH excluding ortho intramolecular Hbond substituents is 1. The molecule has 1 aliphatic rings. The third-order valence-corrected chi connectivity index (χ3v) is 2.72. The summed E-state index contributed by atoms with van der Waals surface area (Å²) in [5, 5.41) is 18.4. The minimum absolute atomic E-state index is 0.0424. The summed E-state index contributed by atoms with van der Waals surface area (Å²) >= 11 is 3.20. The Kier molecular flexibility index (Phi) is 2.99. The van der Waals surface area contributed by atoms with Crippen LogP contribution in [0.1, 0.15) is 5.56 Å². The Labute approximate surface area is 94.7 Å². The van der Waals surface area contributed by atoms with Gasteiger partial charge in [-0.25, -0.2) is 5.48 Å². The molecule has 0 saturated heterocycles. The van der Waals surface area contributed by atoms with Crippen LogP contribution >= 0.6 is 15.9 Å². The molecule has 1 aromatic rings. The van der Waals surface area contributed by atoms with Gasteiger partial charge in [0.2, 0.25) is 0 Å². The monoisotopic (exact) mass is 275 g/mol. The van der Waals surface area contributed by atoms with Gasteiger partial charge in [-0.1, -0.05) is 0 Å². The molecular formula is C9H10BrNO4. The highest BCUT2D eigenvalue weighted by Gasteiger charge is 2.21. The van der Waals surface area contributed by atoms with E-state index in [4.69, 9.17) is 14.7 Å². The standard InChI is InChI=1S/C9H10BrNO4/c10-6-3-7-9(15-2-1-14-7)5(4-11-13)8(6)12/h3,11-13H,1-2,4H2. The lowest BCUT2D eigenvalue weighted by Crippen LogP contribution is -2.18. The summed E-state index contributed by atoms with van der Waals surface area (Å²) in [7, 11) is 0. The van der Waals surface area contributed by atoms with Crippen molar-refractivity contribution in [3.05, 3.63) is 16.1 Å². The number of nitrogens with one attached hydrogen (secondary N) is 1. The van der Waals surface area contributed by atoms with Gasteiger partial charge in [-0.15, -0.1) is 0 Å². The van der Waals surface area contributed by atoms with Crippen molar-refractivity contribution in [3.63, 3.8) is 0 Å². The Balaban J connectivity index is 2.52. The molecule has 0 bridgehead atoms. The second-order valence-electron chi connectivity index (χ2n) is 3.04. The molecule has 15 heavy (non-hydrogen) atoms. The smallest absolute Gasteiger partial charge is 0.169 e. The molecule has 0 fully saturated rings. The van der Waals surface area contributed by atoms with Crippen LogP contribution in [-0.2, 0) is 6.54 Å². The molecular weight excluding hydrogens is 266 g/mol. The predicted molar refractivity (Wildman–Crippen MR) is 55.4 cm³/mol. The highest BCUT2D eigenvalue weighted by molar-refractivity contribution is 9.10. The minimum Gasteiger partial charge on any atom is -0.506 e. The fourth-order valence-electron chi connectivity index (χ4n) is 1.45. The second-order valence-corrected chi connectivity index (χ2v) is 3.90. The number of aromatic hydroxyl groups is 1. The molecule has 6 heteroatoms. The number of halogens is 1. The molecule has 0 unspecified atom stereocenters. The Bertz CT molecular complexity index is 383. The number of hydrogen-bond donors (Lipinski definition) is 3. The van der Waals surface area contributed by atoms with Crippen molar-refractivity contribution >= 4 is 15.9 Å². The quantitative estimate of drug-likeness (QED) is 0.712. The Morgan fingerprint density at radius 3 is 2.87 bits per heavy atom. The lowest BCUT2D eigenvalue weighted by molar-refractivity contribution is 0.148. The summed E-state index contributed by atoms with van der Waals surface area (Å²) in [6.07, 6.45) is 0. The van der Waals surface area contributed by atoms with Crippen LogP contribution in [0.15, 0.2) is 10.5 Å². The normalized spacial score (nSPS) is 14.0. The van der Waals surface area contributed by atoms with Crippen molar-refractivity contribution in [3.8, 4) is 17.2 Å². The number of fused-ring (bicyclic) bond motifs is 1. The fraction of sp³-hybridized carbons (Fsp3) is 0.333. The van der Waals surface area contributed by atoms with Crippen molar-refractivity contribution in [1.29, 1.82) is 0 Å². The maximum atomic E-state index is 9.75. The van der Waals surface area contributed by atoms with Crippen LogP contribution in [0.3, 0.4) is 0 Å². The molecule has 1 heterocycles. The number of phenols is 1. The molecule has 0 aliphatic carbocycles. The van der Waals surface area contributed by atoms with E-state index >= 15 is 0 Å². The molecule has 0 aromatic heterocycles. The summed E-state index contributed by atoms with van der Waals surface area (Å²) in [5.41, 5.74) is 2.46. The van der Waals surface area contributed by atoms with Crippen LogP contribution in [-0.4, -0.2) is 23.5 Å². The lowest BCUT2D eigenvalue weighted by atomic mass is 10.1. The van der Waals surface area contributed by atoms with Gasteiger partial charge in [0.05, 0.1) is 16.6 Å². The van der Waals surface area contributed by atoms with E-state index in [1.54, 1.807) is 6.07 Å². The van der Waals surface area contributed by atoms with Gasteiger partial charge >= 0.3 is 0 Å². The van der Waals surface area contributed by atoms with Crippen molar-refractivity contribution in [2.24, 2.45) is 0 Å². The predicted octanol–water partition coefficient (Wildman–Crippen LogP) is 1.40. The number of rotatable bonds is 2. The maximum absolute atomic E-state index is 9.75. The van der Waals surface area contributed by atoms with Crippen LogP contribution in [0.4, 0.5) is 0 Å². The van der Waals surface area contributed by atoms with Crippen LogP contribution in [0.2, 0.25) is 0 Å². The number of ether oxygens (including phenoxy) is 2. The minimum atomic E-state index is 0.0424. The Morgan fingerprint density at radius 1 is 1.40 bits per heavy atom. The van der Waals surface area contributed by atoms with Gasteiger partial charge in [0.15, 0.2) is 11.5 Å². The van der Waals surface area contributed by atoms with E-state index in [2.05, 4.69) is 15.9 Å². The first-order chi connectivity index (χ1) is 7.24. The van der Waals surface area contributed by atoms with Crippen molar-refractivity contribution in [2.75, 3.05) is 13.2 Å². The molecule has 5 nitrogen and oxygen atoms in total. The second kappa shape index (κ2) is 4.26. The third kappa shape index (κ3) is 1.88. The van der Waals surface area contributed by atoms with Crippen LogP contribution in [0.25, 0.3) is 0 Å². The first-order valence-electron chi connectivity index (χ1n) is 4.41. The van der Waals surface area contributed by atoms with E-state index in [-0.39, 0.29) is 12.3 Å². The summed E-state index contributed by atoms with van der Waals surface area (Å²) in [6, 6.07) is 1.64.